The molecule has 3 atom stereocenters. The van der Waals surface area contributed by atoms with Gasteiger partial charge >= 0.3 is 4.87 Å². The first-order chi connectivity index (χ1) is 18.8. The number of fused-ring (bicyclic) bond motifs is 2. The first kappa shape index (κ1) is 25.3. The van der Waals surface area contributed by atoms with Crippen molar-refractivity contribution >= 4 is 52.2 Å². The predicted octanol–water partition coefficient (Wildman–Crippen LogP) is 4.79. The number of thiazole rings is 1. The molecule has 0 aliphatic carbocycles. The number of nitrogens with one attached hydrogen (secondary N) is 1. The molecule has 2 unspecified atom stereocenters. The molecule has 0 spiro atoms. The van der Waals surface area contributed by atoms with Gasteiger partial charge in [-0.1, -0.05) is 71.6 Å². The summed E-state index contributed by atoms with van der Waals surface area (Å²) in [5, 5.41) is 2.57. The Hall–Kier alpha value is -4.02. The van der Waals surface area contributed by atoms with Crippen LogP contribution >= 0.6 is 23.1 Å². The van der Waals surface area contributed by atoms with Crippen LogP contribution in [0, 0.1) is 18.7 Å². The normalized spacial score (nSPS) is 20.1. The minimum atomic E-state index is -0.806. The van der Waals surface area contributed by atoms with Crippen molar-refractivity contribution in [2.45, 2.75) is 29.7 Å². The maximum atomic E-state index is 13.8. The van der Waals surface area contributed by atoms with Gasteiger partial charge in [0.05, 0.1) is 16.6 Å². The zero-order valence-corrected chi connectivity index (χ0v) is 22.3. The number of rotatable bonds is 5. The standard InChI is InChI=1S/C29H22FN3O4S2/c1-16-7-5-6-10-20(16)31-21(34)15-32-28-25(39-29(32)37)22(17-8-3-2-4-9-17)23-24(38-28)27(36)33(26(23)35)19-13-11-18(30)12-14-19/h2-14,22-24H,15H2,1H3,(H,31,34)/t22-,23?,24?/m1/s1. The van der Waals surface area contributed by atoms with Gasteiger partial charge < -0.3 is 5.32 Å². The van der Waals surface area contributed by atoms with Gasteiger partial charge in [0.25, 0.3) is 0 Å². The van der Waals surface area contributed by atoms with Gasteiger partial charge in [0.15, 0.2) is 0 Å². The molecule has 3 aromatic carbocycles. The molecule has 0 radical (unpaired) electrons. The average Bonchev–Trinajstić information content (AvgIpc) is 3.37. The van der Waals surface area contributed by atoms with E-state index in [0.717, 1.165) is 39.1 Å². The first-order valence-electron chi connectivity index (χ1n) is 12.3. The lowest BCUT2D eigenvalue weighted by atomic mass is 9.83. The van der Waals surface area contributed by atoms with Gasteiger partial charge in [-0.15, -0.1) is 0 Å². The number of nitrogens with zero attached hydrogens (tertiary/aromatic N) is 2. The van der Waals surface area contributed by atoms with Gasteiger partial charge in [-0.3, -0.25) is 23.7 Å². The first-order valence-corrected chi connectivity index (χ1v) is 14.0. The van der Waals surface area contributed by atoms with E-state index >= 15 is 0 Å². The summed E-state index contributed by atoms with van der Waals surface area (Å²) in [7, 11) is 0. The number of halogens is 1. The zero-order valence-electron chi connectivity index (χ0n) is 20.7. The highest BCUT2D eigenvalue weighted by Crippen LogP contribution is 2.53. The second-order valence-corrected chi connectivity index (χ2v) is 11.6. The number of carbonyl (C=O) groups is 3. The average molecular weight is 560 g/mol. The van der Waals surface area contributed by atoms with Gasteiger partial charge in [-0.25, -0.2) is 9.29 Å². The number of para-hydroxylation sites is 1. The molecule has 0 saturated carbocycles. The van der Waals surface area contributed by atoms with Gasteiger partial charge in [0.1, 0.15) is 17.6 Å². The molecular weight excluding hydrogens is 537 g/mol. The number of hydrogen-bond acceptors (Lipinski definition) is 6. The van der Waals surface area contributed by atoms with Crippen molar-refractivity contribution in [2.75, 3.05) is 10.2 Å². The van der Waals surface area contributed by atoms with E-state index in [1.54, 1.807) is 6.07 Å². The van der Waals surface area contributed by atoms with Crippen molar-refractivity contribution in [1.82, 2.24) is 4.57 Å². The number of anilines is 2. The lowest BCUT2D eigenvalue weighted by Gasteiger charge is -2.30. The lowest BCUT2D eigenvalue weighted by Crippen LogP contribution is -2.33. The van der Waals surface area contributed by atoms with E-state index in [1.807, 2.05) is 55.5 Å². The summed E-state index contributed by atoms with van der Waals surface area (Å²) in [5.74, 6) is -2.96. The zero-order chi connectivity index (χ0) is 27.3. The minimum Gasteiger partial charge on any atom is -0.324 e. The Morgan fingerprint density at radius 1 is 0.923 bits per heavy atom. The number of thioether (sulfide) groups is 1. The third-order valence-corrected chi connectivity index (χ3v) is 9.62. The van der Waals surface area contributed by atoms with E-state index in [-0.39, 0.29) is 17.3 Å². The summed E-state index contributed by atoms with van der Waals surface area (Å²) in [4.78, 5) is 55.1. The Morgan fingerprint density at radius 3 is 2.33 bits per heavy atom. The Balaban J connectivity index is 1.40. The molecule has 3 amide bonds. The van der Waals surface area contributed by atoms with Crippen molar-refractivity contribution < 1.29 is 18.8 Å². The van der Waals surface area contributed by atoms with Crippen molar-refractivity contribution in [3.63, 3.8) is 0 Å². The Kier molecular flexibility index (Phi) is 6.44. The third-order valence-electron chi connectivity index (χ3n) is 7.01. The monoisotopic (exact) mass is 559 g/mol. The van der Waals surface area contributed by atoms with Crippen LogP contribution in [0.3, 0.4) is 0 Å². The highest BCUT2D eigenvalue weighted by Gasteiger charge is 2.56. The summed E-state index contributed by atoms with van der Waals surface area (Å²) >= 11 is 2.14. The van der Waals surface area contributed by atoms with E-state index in [4.69, 9.17) is 0 Å². The van der Waals surface area contributed by atoms with Crippen LogP contribution in [0.5, 0.6) is 0 Å². The molecule has 0 bridgehead atoms. The van der Waals surface area contributed by atoms with Crippen LogP contribution < -0.4 is 15.1 Å². The summed E-state index contributed by atoms with van der Waals surface area (Å²) in [6, 6.07) is 21.9. The highest BCUT2D eigenvalue weighted by molar-refractivity contribution is 8.00. The SMILES string of the molecule is Cc1ccccc1NC(=O)Cn1c2c(sc1=O)[C@H](c1ccccc1)C1C(=O)N(c3ccc(F)cc3)C(=O)C1S2. The molecule has 1 saturated heterocycles. The van der Waals surface area contributed by atoms with Crippen LogP contribution in [0.2, 0.25) is 0 Å². The largest absolute Gasteiger partial charge is 0.324 e. The van der Waals surface area contributed by atoms with Crippen molar-refractivity contribution in [3.05, 3.63) is 110 Å². The second-order valence-electron chi connectivity index (χ2n) is 9.43. The molecule has 2 aliphatic rings. The summed E-state index contributed by atoms with van der Waals surface area (Å²) in [5.41, 5.74) is 2.64. The van der Waals surface area contributed by atoms with E-state index in [9.17, 15) is 23.6 Å². The smallest absolute Gasteiger partial charge is 0.308 e. The fourth-order valence-electron chi connectivity index (χ4n) is 5.17. The fraction of sp³-hybridized carbons (Fsp3) is 0.172. The number of aryl methyl sites for hydroxylation is 1. The van der Waals surface area contributed by atoms with Crippen LogP contribution in [-0.4, -0.2) is 27.5 Å². The van der Waals surface area contributed by atoms with Crippen LogP contribution in [0.25, 0.3) is 0 Å². The number of hydrogen-bond donors (Lipinski definition) is 1. The van der Waals surface area contributed by atoms with E-state index in [2.05, 4.69) is 5.32 Å². The molecule has 1 fully saturated rings. The quantitative estimate of drug-likeness (QED) is 0.355. The second kappa shape index (κ2) is 9.94. The summed E-state index contributed by atoms with van der Waals surface area (Å²) in [6.45, 7) is 1.65. The number of amides is 3. The third kappa shape index (κ3) is 4.39. The van der Waals surface area contributed by atoms with Crippen molar-refractivity contribution in [2.24, 2.45) is 5.92 Å². The van der Waals surface area contributed by atoms with Crippen LogP contribution in [0.4, 0.5) is 15.8 Å². The Labute approximate surface area is 231 Å². The minimum absolute atomic E-state index is 0.227. The van der Waals surface area contributed by atoms with E-state index in [0.29, 0.717) is 21.3 Å². The topological polar surface area (TPSA) is 88.5 Å². The number of carbonyl (C=O) groups excluding carboxylic acids is 3. The summed E-state index contributed by atoms with van der Waals surface area (Å²) < 4.78 is 15.0. The van der Waals surface area contributed by atoms with E-state index in [1.165, 1.54) is 28.8 Å². The Bertz CT molecular complexity index is 1670. The van der Waals surface area contributed by atoms with Gasteiger partial charge in [0.2, 0.25) is 17.7 Å². The van der Waals surface area contributed by atoms with Crippen molar-refractivity contribution in [1.29, 1.82) is 0 Å². The molecule has 6 rings (SSSR count). The van der Waals surface area contributed by atoms with Crippen LogP contribution in [-0.2, 0) is 20.9 Å². The molecule has 196 valence electrons. The molecule has 1 N–H and O–H groups in total. The lowest BCUT2D eigenvalue weighted by molar-refractivity contribution is -0.122. The molecule has 39 heavy (non-hydrogen) atoms. The molecule has 4 aromatic rings. The molecule has 3 heterocycles. The molecule has 2 aliphatic heterocycles. The van der Waals surface area contributed by atoms with Gasteiger partial charge in [0, 0.05) is 16.5 Å². The van der Waals surface area contributed by atoms with Gasteiger partial charge in [-0.2, -0.15) is 0 Å². The molecule has 7 nitrogen and oxygen atoms in total. The number of benzene rings is 3. The molecule has 10 heteroatoms. The van der Waals surface area contributed by atoms with Crippen LogP contribution in [0.15, 0.2) is 88.7 Å². The molecular formula is C29H22FN3O4S2. The maximum absolute atomic E-state index is 13.8. The fourth-order valence-corrected chi connectivity index (χ4v) is 7.94. The Morgan fingerprint density at radius 2 is 1.62 bits per heavy atom. The maximum Gasteiger partial charge on any atom is 0.308 e. The van der Waals surface area contributed by atoms with E-state index < -0.39 is 34.7 Å². The van der Waals surface area contributed by atoms with Crippen LogP contribution in [0.1, 0.15) is 21.9 Å². The summed E-state index contributed by atoms with van der Waals surface area (Å²) in [6.07, 6.45) is 0. The van der Waals surface area contributed by atoms with Crippen molar-refractivity contribution in [3.8, 4) is 0 Å². The predicted molar refractivity (Wildman–Crippen MR) is 149 cm³/mol. The number of aromatic nitrogens is 1. The highest BCUT2D eigenvalue weighted by atomic mass is 32.2. The van der Waals surface area contributed by atoms with Gasteiger partial charge in [-0.05, 0) is 48.4 Å². The number of imide groups is 1. The molecule has 1 aromatic heterocycles.